The van der Waals surface area contributed by atoms with E-state index in [9.17, 15) is 9.50 Å². The summed E-state index contributed by atoms with van der Waals surface area (Å²) in [6, 6.07) is -0.815. The van der Waals surface area contributed by atoms with Gasteiger partial charge in [-0.15, -0.1) is 0 Å². The molecule has 0 rings (SSSR count). The second kappa shape index (κ2) is 5.07. The Kier molecular flexibility index (Phi) is 4.69. The zero-order valence-corrected chi connectivity index (χ0v) is 5.41. The van der Waals surface area contributed by atoms with E-state index in [0.717, 1.165) is 0 Å². The second-order valence-corrected chi connectivity index (χ2v) is 1.70. The van der Waals surface area contributed by atoms with Crippen LogP contribution >= 0.6 is 0 Å². The Hall–Kier alpha value is -0.745. The molecule has 6 heteroatoms. The summed E-state index contributed by atoms with van der Waals surface area (Å²) in [5.41, 5.74) is 5.06. The Morgan fingerprint density at radius 2 is 2.40 bits per heavy atom. The van der Waals surface area contributed by atoms with Crippen molar-refractivity contribution in [3.8, 4) is 0 Å². The van der Waals surface area contributed by atoms with Gasteiger partial charge in [0.2, 0.25) is 0 Å². The summed E-state index contributed by atoms with van der Waals surface area (Å²) in [7, 11) is 0.589. The molecule has 0 aliphatic rings. The third kappa shape index (κ3) is 3.31. The molecule has 0 saturated carbocycles. The van der Waals surface area contributed by atoms with Gasteiger partial charge in [0.15, 0.2) is 0 Å². The zero-order valence-electron chi connectivity index (χ0n) is 5.41. The molecule has 0 aliphatic heterocycles. The SMILES string of the molecule is NC[C@H](NCB=O)C(=O)O. The Morgan fingerprint density at radius 3 is 2.70 bits per heavy atom. The third-order valence-electron chi connectivity index (χ3n) is 0.981. The van der Waals surface area contributed by atoms with E-state index in [0.29, 0.717) is 7.15 Å². The van der Waals surface area contributed by atoms with Crippen LogP contribution in [0.3, 0.4) is 0 Å². The van der Waals surface area contributed by atoms with Crippen molar-refractivity contribution in [1.82, 2.24) is 5.32 Å². The molecule has 0 aromatic carbocycles. The molecule has 0 unspecified atom stereocenters. The maximum absolute atomic E-state index is 10.2. The number of carboxylic acid groups (broad SMARTS) is 1. The fraction of sp³-hybridized carbons (Fsp3) is 0.750. The van der Waals surface area contributed by atoms with Crippen LogP contribution in [0.2, 0.25) is 0 Å². The van der Waals surface area contributed by atoms with Gasteiger partial charge >= 0.3 is 57.8 Å². The molecule has 10 heavy (non-hydrogen) atoms. The second-order valence-electron chi connectivity index (χ2n) is 1.70. The summed E-state index contributed by atoms with van der Waals surface area (Å²) in [5.74, 6) is -1.04. The summed E-state index contributed by atoms with van der Waals surface area (Å²) in [4.78, 5) is 10.2. The van der Waals surface area contributed by atoms with E-state index in [4.69, 9.17) is 10.8 Å². The van der Waals surface area contributed by atoms with Gasteiger partial charge in [0.1, 0.15) is 0 Å². The molecule has 0 bridgehead atoms. The normalized spacial score (nSPS) is 12.1. The zero-order chi connectivity index (χ0) is 7.98. The fourth-order valence-corrected chi connectivity index (χ4v) is 0.462. The summed E-state index contributed by atoms with van der Waals surface area (Å²) in [6.45, 7) is -0.0107. The summed E-state index contributed by atoms with van der Waals surface area (Å²) >= 11 is 0. The molecule has 4 N–H and O–H groups in total. The maximum atomic E-state index is 10.2. The van der Waals surface area contributed by atoms with Gasteiger partial charge in [-0.1, -0.05) is 0 Å². The van der Waals surface area contributed by atoms with Crippen molar-refractivity contribution in [2.45, 2.75) is 6.04 Å². The van der Waals surface area contributed by atoms with E-state index >= 15 is 0 Å². The molecule has 0 heterocycles. The van der Waals surface area contributed by atoms with Gasteiger partial charge in [0.05, 0.1) is 0 Å². The summed E-state index contributed by atoms with van der Waals surface area (Å²) in [6.07, 6.45) is 0.0220. The first-order valence-corrected chi connectivity index (χ1v) is 2.82. The fourth-order valence-electron chi connectivity index (χ4n) is 0.462. The predicted octanol–water partition coefficient (Wildman–Crippen LogP) is -2.00. The van der Waals surface area contributed by atoms with Gasteiger partial charge in [-0.25, -0.2) is 0 Å². The van der Waals surface area contributed by atoms with Gasteiger partial charge < -0.3 is 0 Å². The Morgan fingerprint density at radius 1 is 1.80 bits per heavy atom. The Bertz CT molecular complexity index is 130. The van der Waals surface area contributed by atoms with Crippen LogP contribution in [-0.2, 0) is 9.50 Å². The number of nitrogens with one attached hydrogen (secondary N) is 1. The van der Waals surface area contributed by atoms with Crippen molar-refractivity contribution in [3.05, 3.63) is 0 Å². The van der Waals surface area contributed by atoms with Crippen LogP contribution in [0.1, 0.15) is 0 Å². The monoisotopic (exact) mass is 144 g/mol. The van der Waals surface area contributed by atoms with Gasteiger partial charge in [-0.2, -0.15) is 0 Å². The third-order valence-corrected chi connectivity index (χ3v) is 0.981. The predicted molar refractivity (Wildman–Crippen MR) is 34.9 cm³/mol. The molecule has 5 nitrogen and oxygen atoms in total. The van der Waals surface area contributed by atoms with Gasteiger partial charge in [0.25, 0.3) is 0 Å². The first kappa shape index (κ1) is 9.25. The first-order chi connectivity index (χ1) is 4.72. The van der Waals surface area contributed by atoms with Crippen molar-refractivity contribution >= 4 is 13.1 Å². The number of aliphatic carboxylic acids is 1. The van der Waals surface area contributed by atoms with E-state index in [1.165, 1.54) is 0 Å². The molecule has 0 amide bonds. The first-order valence-electron chi connectivity index (χ1n) is 2.82. The average Bonchev–Trinajstić information content (AvgIpc) is 1.89. The average molecular weight is 144 g/mol. The Balaban J connectivity index is 3.60. The number of hydrogen-bond acceptors (Lipinski definition) is 4. The van der Waals surface area contributed by atoms with Crippen LogP contribution in [0.25, 0.3) is 0 Å². The molecular formula is C4H9BN2O3. The molecular weight excluding hydrogens is 135 g/mol. The van der Waals surface area contributed by atoms with E-state index < -0.39 is 12.0 Å². The van der Waals surface area contributed by atoms with Crippen LogP contribution in [0, 0.1) is 0 Å². The van der Waals surface area contributed by atoms with Gasteiger partial charge in [-0.05, 0) is 0 Å². The van der Waals surface area contributed by atoms with Gasteiger partial charge in [0, 0.05) is 0 Å². The van der Waals surface area contributed by atoms with E-state index in [1.54, 1.807) is 0 Å². The number of hydrogen-bond donors (Lipinski definition) is 3. The van der Waals surface area contributed by atoms with Gasteiger partial charge in [-0.3, -0.25) is 0 Å². The van der Waals surface area contributed by atoms with Crippen LogP contribution < -0.4 is 11.1 Å². The molecule has 0 aromatic heterocycles. The Labute approximate surface area is 58.8 Å². The molecule has 0 saturated heterocycles. The van der Waals surface area contributed by atoms with Crippen molar-refractivity contribution in [2.75, 3.05) is 13.0 Å². The van der Waals surface area contributed by atoms with E-state index in [1.807, 2.05) is 0 Å². The molecule has 0 radical (unpaired) electrons. The molecule has 56 valence electrons. The minimum atomic E-state index is -1.04. The molecule has 0 aliphatic carbocycles. The molecule has 0 spiro atoms. The van der Waals surface area contributed by atoms with Crippen LogP contribution in [0.15, 0.2) is 0 Å². The van der Waals surface area contributed by atoms with E-state index in [2.05, 4.69) is 5.32 Å². The molecule has 0 fully saturated rings. The minimum absolute atomic E-state index is 0.0107. The van der Waals surface area contributed by atoms with Crippen LogP contribution in [0.5, 0.6) is 0 Å². The van der Waals surface area contributed by atoms with Crippen molar-refractivity contribution in [3.63, 3.8) is 0 Å². The summed E-state index contributed by atoms with van der Waals surface area (Å²) < 4.78 is 9.75. The van der Waals surface area contributed by atoms with Crippen molar-refractivity contribution in [1.29, 1.82) is 0 Å². The van der Waals surface area contributed by atoms with Crippen LogP contribution in [-0.4, -0.2) is 37.3 Å². The van der Waals surface area contributed by atoms with Crippen LogP contribution in [0.4, 0.5) is 0 Å². The summed E-state index contributed by atoms with van der Waals surface area (Å²) in [5, 5.41) is 10.8. The van der Waals surface area contributed by atoms with E-state index in [-0.39, 0.29) is 13.0 Å². The molecule has 1 atom stereocenters. The number of carboxylic acids is 1. The quantitative estimate of drug-likeness (QED) is 0.388. The number of carbonyl (C=O) groups is 1. The van der Waals surface area contributed by atoms with Crippen molar-refractivity contribution in [2.24, 2.45) is 5.73 Å². The topological polar surface area (TPSA) is 92.4 Å². The number of nitrogens with two attached hydrogens (primary N) is 1. The van der Waals surface area contributed by atoms with Crippen molar-refractivity contribution < 1.29 is 14.6 Å². The molecule has 0 aromatic rings. The number of rotatable bonds is 5. The standard InChI is InChI=1S/C4H9BN2O3/c6-1-3(4(8)9)7-2-5-10/h3,7H,1-2,6H2,(H,8,9)/t3-/m0/s1.